The van der Waals surface area contributed by atoms with Gasteiger partial charge < -0.3 is 5.32 Å². The number of nitrogens with zero attached hydrogens (tertiary/aromatic N) is 1. The van der Waals surface area contributed by atoms with Crippen molar-refractivity contribution < 1.29 is 4.79 Å². The zero-order valence-electron chi connectivity index (χ0n) is 14.3. The number of aryl methyl sites for hydroxylation is 2. The molecule has 0 saturated carbocycles. The second kappa shape index (κ2) is 8.32. The van der Waals surface area contributed by atoms with E-state index in [1.807, 2.05) is 36.6 Å². The van der Waals surface area contributed by atoms with Gasteiger partial charge in [-0.25, -0.2) is 4.98 Å². The number of amides is 1. The molecule has 0 radical (unpaired) electrons. The van der Waals surface area contributed by atoms with Crippen molar-refractivity contribution in [3.63, 3.8) is 0 Å². The van der Waals surface area contributed by atoms with Crippen LogP contribution >= 0.6 is 23.1 Å². The largest absolute Gasteiger partial charge is 0.326 e. The molecule has 0 aliphatic rings. The van der Waals surface area contributed by atoms with Crippen molar-refractivity contribution in [2.45, 2.75) is 30.4 Å². The van der Waals surface area contributed by atoms with Gasteiger partial charge in [-0.15, -0.1) is 11.3 Å². The molecule has 3 nitrogen and oxygen atoms in total. The third kappa shape index (κ3) is 5.44. The first-order chi connectivity index (χ1) is 12.1. The van der Waals surface area contributed by atoms with Gasteiger partial charge >= 0.3 is 0 Å². The summed E-state index contributed by atoms with van der Waals surface area (Å²) in [6.07, 6.45) is 0.301. The van der Waals surface area contributed by atoms with Crippen LogP contribution < -0.4 is 5.32 Å². The topological polar surface area (TPSA) is 42.0 Å². The zero-order chi connectivity index (χ0) is 17.6. The lowest BCUT2D eigenvalue weighted by atomic mass is 10.2. The van der Waals surface area contributed by atoms with Crippen LogP contribution in [0, 0.1) is 13.8 Å². The highest BCUT2D eigenvalue weighted by Gasteiger charge is 2.09. The zero-order valence-corrected chi connectivity index (χ0v) is 15.9. The maximum Gasteiger partial charge on any atom is 0.230 e. The van der Waals surface area contributed by atoms with E-state index in [-0.39, 0.29) is 5.91 Å². The molecule has 0 bridgehead atoms. The number of aromatic nitrogens is 1. The monoisotopic (exact) mass is 368 g/mol. The molecular formula is C20H20N2OS2. The first-order valence-corrected chi connectivity index (χ1v) is 9.94. The Labute approximate surface area is 156 Å². The Morgan fingerprint density at radius 1 is 1.04 bits per heavy atom. The average Bonchev–Trinajstić information content (AvgIpc) is 3.04. The van der Waals surface area contributed by atoms with Gasteiger partial charge in [0, 0.05) is 16.8 Å². The first-order valence-electron chi connectivity index (χ1n) is 8.08. The molecule has 1 aromatic heterocycles. The van der Waals surface area contributed by atoms with E-state index in [0.29, 0.717) is 6.42 Å². The Morgan fingerprint density at radius 3 is 2.36 bits per heavy atom. The number of hydrogen-bond donors (Lipinski definition) is 1. The van der Waals surface area contributed by atoms with Crippen molar-refractivity contribution in [1.82, 2.24) is 4.98 Å². The van der Waals surface area contributed by atoms with Gasteiger partial charge in [0.2, 0.25) is 5.91 Å². The van der Waals surface area contributed by atoms with E-state index in [9.17, 15) is 4.79 Å². The smallest absolute Gasteiger partial charge is 0.230 e. The number of thioether (sulfide) groups is 1. The van der Waals surface area contributed by atoms with E-state index in [1.54, 1.807) is 23.1 Å². The first kappa shape index (κ1) is 17.7. The summed E-state index contributed by atoms with van der Waals surface area (Å²) in [4.78, 5) is 16.7. The SMILES string of the molecule is Cc1ccc(CSc2nc(CC(=O)Nc3ccc(C)cc3)cs2)cc1. The van der Waals surface area contributed by atoms with E-state index in [1.165, 1.54) is 16.7 Å². The summed E-state index contributed by atoms with van der Waals surface area (Å²) in [6.45, 7) is 4.11. The molecular weight excluding hydrogens is 348 g/mol. The molecule has 0 aliphatic carbocycles. The maximum atomic E-state index is 12.1. The predicted octanol–water partition coefficient (Wildman–Crippen LogP) is 5.23. The standard InChI is InChI=1S/C20H20N2OS2/c1-14-3-7-16(8-4-14)12-24-20-22-18(13-25-20)11-19(23)21-17-9-5-15(2)6-10-17/h3-10,13H,11-12H2,1-2H3,(H,21,23). The molecule has 3 rings (SSSR count). The number of anilines is 1. The van der Waals surface area contributed by atoms with Gasteiger partial charge in [0.15, 0.2) is 0 Å². The molecule has 5 heteroatoms. The van der Waals surface area contributed by atoms with Crippen molar-refractivity contribution in [2.24, 2.45) is 0 Å². The van der Waals surface area contributed by atoms with E-state index >= 15 is 0 Å². The molecule has 0 atom stereocenters. The third-order valence-electron chi connectivity index (χ3n) is 3.69. The fourth-order valence-electron chi connectivity index (χ4n) is 2.27. The molecule has 0 unspecified atom stereocenters. The van der Waals surface area contributed by atoms with Crippen molar-refractivity contribution >= 4 is 34.7 Å². The van der Waals surface area contributed by atoms with Crippen LogP contribution in [0.4, 0.5) is 5.69 Å². The number of benzene rings is 2. The number of hydrogen-bond acceptors (Lipinski definition) is 4. The fraction of sp³-hybridized carbons (Fsp3) is 0.200. The van der Waals surface area contributed by atoms with E-state index in [4.69, 9.17) is 0 Å². The molecule has 0 spiro atoms. The van der Waals surface area contributed by atoms with Gasteiger partial charge in [-0.05, 0) is 31.5 Å². The summed E-state index contributed by atoms with van der Waals surface area (Å²) < 4.78 is 0.999. The fourth-order valence-corrected chi connectivity index (χ4v) is 4.07. The quantitative estimate of drug-likeness (QED) is 0.606. The molecule has 0 aliphatic heterocycles. The second-order valence-electron chi connectivity index (χ2n) is 5.97. The molecule has 1 heterocycles. The van der Waals surface area contributed by atoms with Gasteiger partial charge in [-0.1, -0.05) is 59.3 Å². The Kier molecular flexibility index (Phi) is 5.89. The van der Waals surface area contributed by atoms with E-state index in [0.717, 1.165) is 21.5 Å². The third-order valence-corrected chi connectivity index (χ3v) is 5.83. The predicted molar refractivity (Wildman–Crippen MR) is 106 cm³/mol. The summed E-state index contributed by atoms with van der Waals surface area (Å²) in [5, 5.41) is 4.87. The van der Waals surface area contributed by atoms with Crippen LogP contribution in [0.25, 0.3) is 0 Å². The Bertz CT molecular complexity index is 839. The lowest BCUT2D eigenvalue weighted by molar-refractivity contribution is -0.115. The molecule has 0 saturated heterocycles. The van der Waals surface area contributed by atoms with Gasteiger partial charge in [0.05, 0.1) is 12.1 Å². The maximum absolute atomic E-state index is 12.1. The molecule has 1 N–H and O–H groups in total. The van der Waals surface area contributed by atoms with Crippen LogP contribution in [0.15, 0.2) is 58.3 Å². The molecule has 2 aromatic carbocycles. The van der Waals surface area contributed by atoms with Gasteiger partial charge in [0.1, 0.15) is 4.34 Å². The highest BCUT2D eigenvalue weighted by molar-refractivity contribution is 8.00. The summed E-state index contributed by atoms with van der Waals surface area (Å²) in [5.74, 6) is 0.854. The van der Waals surface area contributed by atoms with Gasteiger partial charge in [-0.3, -0.25) is 4.79 Å². The van der Waals surface area contributed by atoms with E-state index in [2.05, 4.69) is 41.5 Å². The molecule has 128 valence electrons. The average molecular weight is 369 g/mol. The van der Waals surface area contributed by atoms with Crippen molar-refractivity contribution in [3.8, 4) is 0 Å². The number of rotatable bonds is 6. The number of carbonyl (C=O) groups excluding carboxylic acids is 1. The Balaban J connectivity index is 1.51. The summed E-state index contributed by atoms with van der Waals surface area (Å²) in [6, 6.07) is 16.3. The second-order valence-corrected chi connectivity index (χ2v) is 8.05. The Hall–Kier alpha value is -2.11. The molecule has 3 aromatic rings. The Morgan fingerprint density at radius 2 is 1.68 bits per heavy atom. The number of nitrogens with one attached hydrogen (secondary N) is 1. The van der Waals surface area contributed by atoms with Crippen LogP contribution in [-0.4, -0.2) is 10.9 Å². The number of thiazole rings is 1. The normalized spacial score (nSPS) is 10.6. The van der Waals surface area contributed by atoms with Gasteiger partial charge in [-0.2, -0.15) is 0 Å². The summed E-state index contributed by atoms with van der Waals surface area (Å²) in [7, 11) is 0. The highest BCUT2D eigenvalue weighted by Crippen LogP contribution is 2.26. The lowest BCUT2D eigenvalue weighted by Gasteiger charge is -2.04. The minimum atomic E-state index is -0.0377. The molecule has 0 fully saturated rings. The summed E-state index contributed by atoms with van der Waals surface area (Å²) >= 11 is 3.30. The van der Waals surface area contributed by atoms with E-state index < -0.39 is 0 Å². The minimum absolute atomic E-state index is 0.0377. The minimum Gasteiger partial charge on any atom is -0.326 e. The van der Waals surface area contributed by atoms with Crippen LogP contribution in [0.1, 0.15) is 22.4 Å². The van der Waals surface area contributed by atoms with Crippen LogP contribution in [-0.2, 0) is 17.0 Å². The number of carbonyl (C=O) groups is 1. The van der Waals surface area contributed by atoms with Crippen LogP contribution in [0.5, 0.6) is 0 Å². The highest BCUT2D eigenvalue weighted by atomic mass is 32.2. The molecule has 1 amide bonds. The van der Waals surface area contributed by atoms with Crippen molar-refractivity contribution in [3.05, 3.63) is 76.3 Å². The van der Waals surface area contributed by atoms with Crippen LogP contribution in [0.2, 0.25) is 0 Å². The van der Waals surface area contributed by atoms with Crippen molar-refractivity contribution in [2.75, 3.05) is 5.32 Å². The summed E-state index contributed by atoms with van der Waals surface area (Å²) in [5.41, 5.74) is 5.36. The van der Waals surface area contributed by atoms with Crippen LogP contribution in [0.3, 0.4) is 0 Å². The molecule has 25 heavy (non-hydrogen) atoms. The lowest BCUT2D eigenvalue weighted by Crippen LogP contribution is -2.14. The van der Waals surface area contributed by atoms with Crippen molar-refractivity contribution in [1.29, 1.82) is 0 Å². The van der Waals surface area contributed by atoms with Gasteiger partial charge in [0.25, 0.3) is 0 Å².